The van der Waals surface area contributed by atoms with Gasteiger partial charge in [-0.3, -0.25) is 9.69 Å². The second-order valence-corrected chi connectivity index (χ2v) is 7.30. The van der Waals surface area contributed by atoms with Crippen molar-refractivity contribution in [2.45, 2.75) is 44.9 Å². The third-order valence-electron chi connectivity index (χ3n) is 4.54. The molecule has 1 spiro atoms. The molecular formula is C15H22N2O2S. The molecule has 4 nitrogen and oxygen atoms in total. The molecule has 0 aromatic carbocycles. The number of hydrogen-bond donors (Lipinski definition) is 1. The van der Waals surface area contributed by atoms with Crippen LogP contribution >= 0.6 is 11.3 Å². The summed E-state index contributed by atoms with van der Waals surface area (Å²) in [7, 11) is 0. The minimum Gasteiger partial charge on any atom is -0.363 e. The van der Waals surface area contributed by atoms with E-state index in [1.807, 2.05) is 11.3 Å². The van der Waals surface area contributed by atoms with Gasteiger partial charge in [0.1, 0.15) is 6.61 Å². The van der Waals surface area contributed by atoms with Gasteiger partial charge in [-0.15, -0.1) is 11.3 Å². The fraction of sp³-hybridized carbons (Fsp3) is 0.667. The number of ether oxygens (including phenoxy) is 1. The number of hydrogen-bond acceptors (Lipinski definition) is 4. The SMILES string of the molecule is Cc1ccc(CN2CCC3(CC2)OCC(=O)NC3C)s1. The van der Waals surface area contributed by atoms with Crippen molar-refractivity contribution < 1.29 is 9.53 Å². The number of thiophene rings is 1. The van der Waals surface area contributed by atoms with E-state index in [9.17, 15) is 4.79 Å². The van der Waals surface area contributed by atoms with Gasteiger partial charge in [-0.2, -0.15) is 0 Å². The minimum atomic E-state index is -0.143. The maximum atomic E-state index is 11.4. The first kappa shape index (κ1) is 14.0. The number of aryl methyl sites for hydroxylation is 1. The van der Waals surface area contributed by atoms with Crippen molar-refractivity contribution in [3.63, 3.8) is 0 Å². The van der Waals surface area contributed by atoms with Crippen LogP contribution < -0.4 is 5.32 Å². The molecule has 3 rings (SSSR count). The van der Waals surface area contributed by atoms with Gasteiger partial charge >= 0.3 is 0 Å². The van der Waals surface area contributed by atoms with E-state index in [-0.39, 0.29) is 24.2 Å². The van der Waals surface area contributed by atoms with Crippen LogP contribution in [-0.2, 0) is 16.1 Å². The number of rotatable bonds is 2. The molecule has 20 heavy (non-hydrogen) atoms. The van der Waals surface area contributed by atoms with Gasteiger partial charge in [0.25, 0.3) is 0 Å². The number of likely N-dealkylation sites (tertiary alicyclic amines) is 1. The van der Waals surface area contributed by atoms with Crippen LogP contribution in [0.1, 0.15) is 29.5 Å². The van der Waals surface area contributed by atoms with Crippen LogP contribution in [0.5, 0.6) is 0 Å². The summed E-state index contributed by atoms with van der Waals surface area (Å²) >= 11 is 1.88. The van der Waals surface area contributed by atoms with Gasteiger partial charge in [-0.1, -0.05) is 0 Å². The quantitative estimate of drug-likeness (QED) is 0.906. The van der Waals surface area contributed by atoms with Crippen LogP contribution in [0, 0.1) is 6.92 Å². The van der Waals surface area contributed by atoms with Crippen LogP contribution in [-0.4, -0.2) is 42.1 Å². The molecule has 0 aliphatic carbocycles. The highest BCUT2D eigenvalue weighted by Crippen LogP contribution is 2.32. The van der Waals surface area contributed by atoms with Gasteiger partial charge < -0.3 is 10.1 Å². The zero-order valence-corrected chi connectivity index (χ0v) is 13.0. The third-order valence-corrected chi connectivity index (χ3v) is 5.52. The van der Waals surface area contributed by atoms with Gasteiger partial charge in [-0.05, 0) is 38.8 Å². The van der Waals surface area contributed by atoms with Gasteiger partial charge in [0.05, 0.1) is 11.6 Å². The van der Waals surface area contributed by atoms with E-state index in [1.54, 1.807) is 0 Å². The number of nitrogens with one attached hydrogen (secondary N) is 1. The van der Waals surface area contributed by atoms with Crippen LogP contribution in [0.4, 0.5) is 0 Å². The number of amides is 1. The molecule has 2 saturated heterocycles. The molecule has 1 N–H and O–H groups in total. The molecule has 1 unspecified atom stereocenters. The van der Waals surface area contributed by atoms with Crippen molar-refractivity contribution in [1.82, 2.24) is 10.2 Å². The van der Waals surface area contributed by atoms with Gasteiger partial charge in [-0.25, -0.2) is 0 Å². The predicted octanol–water partition coefficient (Wildman–Crippen LogP) is 1.93. The zero-order valence-electron chi connectivity index (χ0n) is 12.1. The van der Waals surface area contributed by atoms with E-state index < -0.39 is 0 Å². The highest BCUT2D eigenvalue weighted by Gasteiger charge is 2.44. The van der Waals surface area contributed by atoms with Crippen LogP contribution in [0.3, 0.4) is 0 Å². The fourth-order valence-electron chi connectivity index (χ4n) is 3.21. The van der Waals surface area contributed by atoms with Crippen LogP contribution in [0.15, 0.2) is 12.1 Å². The summed E-state index contributed by atoms with van der Waals surface area (Å²) in [6, 6.07) is 4.53. The first-order valence-corrected chi connectivity index (χ1v) is 8.10. The van der Waals surface area contributed by atoms with E-state index in [4.69, 9.17) is 4.74 Å². The van der Waals surface area contributed by atoms with Gasteiger partial charge in [0, 0.05) is 29.4 Å². The summed E-state index contributed by atoms with van der Waals surface area (Å²) in [6.45, 7) is 7.55. The van der Waals surface area contributed by atoms with E-state index in [2.05, 4.69) is 36.2 Å². The molecule has 1 atom stereocenters. The summed E-state index contributed by atoms with van der Waals surface area (Å²) in [5.74, 6) is 0.0135. The molecule has 110 valence electrons. The van der Waals surface area contributed by atoms with Gasteiger partial charge in [0.15, 0.2) is 0 Å². The molecule has 2 aliphatic heterocycles. The largest absolute Gasteiger partial charge is 0.363 e. The lowest BCUT2D eigenvalue weighted by atomic mass is 9.83. The molecular weight excluding hydrogens is 272 g/mol. The summed E-state index contributed by atoms with van der Waals surface area (Å²) in [5.41, 5.74) is -0.143. The Morgan fingerprint density at radius 3 is 2.80 bits per heavy atom. The Morgan fingerprint density at radius 2 is 2.20 bits per heavy atom. The fourth-order valence-corrected chi connectivity index (χ4v) is 4.14. The topological polar surface area (TPSA) is 41.6 Å². The lowest BCUT2D eigenvalue weighted by Crippen LogP contribution is -2.62. The Labute approximate surface area is 124 Å². The van der Waals surface area contributed by atoms with Crippen LogP contribution in [0.2, 0.25) is 0 Å². The summed E-state index contributed by atoms with van der Waals surface area (Å²) in [5, 5.41) is 3.03. The smallest absolute Gasteiger partial charge is 0.246 e. The zero-order chi connectivity index (χ0) is 14.2. The first-order chi connectivity index (χ1) is 9.57. The van der Waals surface area contributed by atoms with Crippen molar-refractivity contribution >= 4 is 17.2 Å². The number of morpholine rings is 1. The summed E-state index contributed by atoms with van der Waals surface area (Å²) in [6.07, 6.45) is 2.00. The lowest BCUT2D eigenvalue weighted by Gasteiger charge is -2.47. The maximum absolute atomic E-state index is 11.4. The minimum absolute atomic E-state index is 0.0135. The van der Waals surface area contributed by atoms with Crippen LogP contribution in [0.25, 0.3) is 0 Å². The molecule has 0 saturated carbocycles. The number of carbonyl (C=O) groups excluding carboxylic acids is 1. The standard InChI is InChI=1S/C15H22N2O2S/c1-11-3-4-13(20-11)9-17-7-5-15(6-8-17)12(2)16-14(18)10-19-15/h3-4,12H,5-10H2,1-2H3,(H,16,18). The van der Waals surface area contributed by atoms with Crippen molar-refractivity contribution in [2.75, 3.05) is 19.7 Å². The number of carbonyl (C=O) groups is 1. The predicted molar refractivity (Wildman–Crippen MR) is 79.9 cm³/mol. The van der Waals surface area contributed by atoms with Crippen molar-refractivity contribution in [1.29, 1.82) is 0 Å². The maximum Gasteiger partial charge on any atom is 0.246 e. The van der Waals surface area contributed by atoms with Crippen molar-refractivity contribution in [3.05, 3.63) is 21.9 Å². The molecule has 2 fully saturated rings. The molecule has 0 bridgehead atoms. The Bertz CT molecular complexity index is 492. The Morgan fingerprint density at radius 1 is 1.45 bits per heavy atom. The molecule has 2 aliphatic rings. The third kappa shape index (κ3) is 2.75. The molecule has 3 heterocycles. The average Bonchev–Trinajstić information content (AvgIpc) is 2.82. The van der Waals surface area contributed by atoms with Gasteiger partial charge in [0.2, 0.25) is 5.91 Å². The monoisotopic (exact) mass is 294 g/mol. The van der Waals surface area contributed by atoms with E-state index in [1.165, 1.54) is 9.75 Å². The van der Waals surface area contributed by atoms with E-state index in [0.29, 0.717) is 0 Å². The Hall–Kier alpha value is -0.910. The Balaban J connectivity index is 1.57. The van der Waals surface area contributed by atoms with Crippen molar-refractivity contribution in [2.24, 2.45) is 0 Å². The summed E-state index contributed by atoms with van der Waals surface area (Å²) < 4.78 is 5.90. The highest BCUT2D eigenvalue weighted by atomic mass is 32.1. The highest BCUT2D eigenvalue weighted by molar-refractivity contribution is 7.11. The molecule has 5 heteroatoms. The number of nitrogens with zero attached hydrogens (tertiary/aromatic N) is 1. The van der Waals surface area contributed by atoms with Crippen molar-refractivity contribution in [3.8, 4) is 0 Å². The molecule has 1 aromatic rings. The summed E-state index contributed by atoms with van der Waals surface area (Å²) in [4.78, 5) is 16.7. The normalized spacial score (nSPS) is 26.7. The molecule has 1 aromatic heterocycles. The second kappa shape index (κ2) is 5.47. The number of piperidine rings is 1. The molecule has 1 amide bonds. The average molecular weight is 294 g/mol. The molecule has 0 radical (unpaired) electrons. The van der Waals surface area contributed by atoms with E-state index in [0.717, 1.165) is 32.5 Å². The van der Waals surface area contributed by atoms with E-state index >= 15 is 0 Å². The lowest BCUT2D eigenvalue weighted by molar-refractivity contribution is -0.159. The Kier molecular flexibility index (Phi) is 3.84. The second-order valence-electron chi connectivity index (χ2n) is 5.93. The first-order valence-electron chi connectivity index (χ1n) is 7.28.